The van der Waals surface area contributed by atoms with Gasteiger partial charge < -0.3 is 13.9 Å². The molecule has 0 aliphatic carbocycles. The molecule has 0 atom stereocenters. The van der Waals surface area contributed by atoms with Crippen molar-refractivity contribution in [3.05, 3.63) is 139 Å². The molecular weight excluding hydrogens is 580 g/mol. The molecule has 5 nitrogen and oxygen atoms in total. The number of aromatic nitrogens is 1. The average Bonchev–Trinajstić information content (AvgIpc) is 3.69. The predicted octanol–water partition coefficient (Wildman–Crippen LogP) is 11.5. The van der Waals surface area contributed by atoms with Crippen LogP contribution in [0.25, 0.3) is 66.7 Å². The van der Waals surface area contributed by atoms with Crippen LogP contribution in [-0.4, -0.2) is 16.3 Å². The predicted molar refractivity (Wildman–Crippen MR) is 192 cm³/mol. The van der Waals surface area contributed by atoms with Crippen LogP contribution in [0.2, 0.25) is 0 Å². The van der Waals surface area contributed by atoms with Gasteiger partial charge in [-0.3, -0.25) is 4.99 Å². The SMILES string of the molecule is CC(C)(C)c1ccc(O)c(C=Nc2ccccc2-c2nc3c(-c4ccccc4)cc(-c4cccc5c4oc4ccccc45)cc3o2)c1. The summed E-state index contributed by atoms with van der Waals surface area (Å²) in [7, 11) is 0. The van der Waals surface area contributed by atoms with E-state index < -0.39 is 0 Å². The van der Waals surface area contributed by atoms with Crippen molar-refractivity contribution in [1.82, 2.24) is 4.98 Å². The fourth-order valence-corrected chi connectivity index (χ4v) is 6.14. The Morgan fingerprint density at radius 2 is 1.38 bits per heavy atom. The Hall–Kier alpha value is -5.94. The van der Waals surface area contributed by atoms with E-state index >= 15 is 0 Å². The summed E-state index contributed by atoms with van der Waals surface area (Å²) < 4.78 is 13.0. The number of furan rings is 1. The monoisotopic (exact) mass is 612 g/mol. The summed E-state index contributed by atoms with van der Waals surface area (Å²) in [6, 6.07) is 42.3. The minimum absolute atomic E-state index is 0.0579. The molecular formula is C42H32N2O3. The van der Waals surface area contributed by atoms with Gasteiger partial charge >= 0.3 is 0 Å². The molecule has 47 heavy (non-hydrogen) atoms. The van der Waals surface area contributed by atoms with E-state index in [-0.39, 0.29) is 11.2 Å². The highest BCUT2D eigenvalue weighted by Crippen LogP contribution is 2.41. The molecule has 0 unspecified atom stereocenters. The van der Waals surface area contributed by atoms with Gasteiger partial charge in [-0.1, -0.05) is 106 Å². The first-order chi connectivity index (χ1) is 22.8. The van der Waals surface area contributed by atoms with Gasteiger partial charge in [-0.25, -0.2) is 4.98 Å². The lowest BCUT2D eigenvalue weighted by Gasteiger charge is -2.19. The number of hydrogen-bond donors (Lipinski definition) is 1. The Kier molecular flexibility index (Phi) is 6.76. The second-order valence-corrected chi connectivity index (χ2v) is 12.8. The molecule has 1 N–H and O–H groups in total. The van der Waals surface area contributed by atoms with Crippen molar-refractivity contribution < 1.29 is 13.9 Å². The zero-order chi connectivity index (χ0) is 32.1. The van der Waals surface area contributed by atoms with Crippen LogP contribution in [0.4, 0.5) is 5.69 Å². The number of fused-ring (bicyclic) bond motifs is 4. The van der Waals surface area contributed by atoms with E-state index in [0.717, 1.165) is 60.8 Å². The van der Waals surface area contributed by atoms with Gasteiger partial charge in [0.2, 0.25) is 5.89 Å². The molecule has 6 aromatic carbocycles. The molecule has 8 aromatic rings. The number of aromatic hydroxyl groups is 1. The normalized spacial score (nSPS) is 12.1. The van der Waals surface area contributed by atoms with Gasteiger partial charge in [-0.05, 0) is 64.6 Å². The van der Waals surface area contributed by atoms with Gasteiger partial charge in [-0.2, -0.15) is 0 Å². The minimum Gasteiger partial charge on any atom is -0.507 e. The van der Waals surface area contributed by atoms with E-state index in [9.17, 15) is 5.11 Å². The average molecular weight is 613 g/mol. The number of hydrogen-bond acceptors (Lipinski definition) is 5. The molecule has 8 rings (SSSR count). The first-order valence-electron chi connectivity index (χ1n) is 15.7. The van der Waals surface area contributed by atoms with Crippen molar-refractivity contribution >= 4 is 44.9 Å². The summed E-state index contributed by atoms with van der Waals surface area (Å²) in [6.45, 7) is 6.44. The van der Waals surface area contributed by atoms with E-state index in [1.807, 2.05) is 78.9 Å². The molecule has 0 aliphatic rings. The first kappa shape index (κ1) is 28.5. The van der Waals surface area contributed by atoms with E-state index in [1.165, 1.54) is 0 Å². The highest BCUT2D eigenvalue weighted by atomic mass is 16.3. The van der Waals surface area contributed by atoms with Crippen LogP contribution in [0.1, 0.15) is 31.9 Å². The van der Waals surface area contributed by atoms with E-state index in [4.69, 9.17) is 18.8 Å². The Morgan fingerprint density at radius 1 is 0.638 bits per heavy atom. The van der Waals surface area contributed by atoms with Crippen molar-refractivity contribution in [2.75, 3.05) is 0 Å². The van der Waals surface area contributed by atoms with Crippen LogP contribution in [0.3, 0.4) is 0 Å². The number of para-hydroxylation sites is 3. The fraction of sp³-hybridized carbons (Fsp3) is 0.0952. The third kappa shape index (κ3) is 5.16. The van der Waals surface area contributed by atoms with Crippen LogP contribution in [-0.2, 0) is 5.41 Å². The Morgan fingerprint density at radius 3 is 2.23 bits per heavy atom. The van der Waals surface area contributed by atoms with Gasteiger partial charge in [0, 0.05) is 33.7 Å². The summed E-state index contributed by atoms with van der Waals surface area (Å²) in [5.41, 5.74) is 10.2. The maximum absolute atomic E-state index is 10.6. The Bertz CT molecular complexity index is 2460. The van der Waals surface area contributed by atoms with Crippen molar-refractivity contribution in [3.8, 4) is 39.5 Å². The van der Waals surface area contributed by atoms with Crippen molar-refractivity contribution in [2.45, 2.75) is 26.2 Å². The van der Waals surface area contributed by atoms with Crippen LogP contribution in [0, 0.1) is 0 Å². The van der Waals surface area contributed by atoms with Gasteiger partial charge in [0.15, 0.2) is 5.58 Å². The first-order valence-corrected chi connectivity index (χ1v) is 15.7. The largest absolute Gasteiger partial charge is 0.507 e. The molecule has 0 amide bonds. The lowest BCUT2D eigenvalue weighted by molar-refractivity contribution is 0.473. The number of aliphatic imine (C=N–C) groups is 1. The second-order valence-electron chi connectivity index (χ2n) is 12.8. The quantitative estimate of drug-likeness (QED) is 0.196. The van der Waals surface area contributed by atoms with Crippen LogP contribution in [0.5, 0.6) is 5.75 Å². The summed E-state index contributed by atoms with van der Waals surface area (Å²) in [4.78, 5) is 9.87. The number of phenols is 1. The number of oxazole rings is 1. The van der Waals surface area contributed by atoms with Crippen LogP contribution < -0.4 is 0 Å². The molecule has 5 heteroatoms. The zero-order valence-electron chi connectivity index (χ0n) is 26.4. The van der Waals surface area contributed by atoms with Gasteiger partial charge in [-0.15, -0.1) is 0 Å². The minimum atomic E-state index is -0.0579. The summed E-state index contributed by atoms with van der Waals surface area (Å²) in [5, 5.41) is 12.8. The van der Waals surface area contributed by atoms with E-state index in [2.05, 4.69) is 63.2 Å². The smallest absolute Gasteiger partial charge is 0.229 e. The molecule has 2 aromatic heterocycles. The van der Waals surface area contributed by atoms with E-state index in [0.29, 0.717) is 22.7 Å². The molecule has 0 radical (unpaired) electrons. The lowest BCUT2D eigenvalue weighted by Crippen LogP contribution is -2.11. The van der Waals surface area contributed by atoms with Crippen molar-refractivity contribution in [1.29, 1.82) is 0 Å². The summed E-state index contributed by atoms with van der Waals surface area (Å²) in [5.74, 6) is 0.650. The topological polar surface area (TPSA) is 71.8 Å². The summed E-state index contributed by atoms with van der Waals surface area (Å²) in [6.07, 6.45) is 1.70. The lowest BCUT2D eigenvalue weighted by atomic mass is 9.86. The highest BCUT2D eigenvalue weighted by Gasteiger charge is 2.20. The maximum Gasteiger partial charge on any atom is 0.229 e. The van der Waals surface area contributed by atoms with Gasteiger partial charge in [0.05, 0.1) is 11.3 Å². The Balaban J connectivity index is 1.28. The standard InChI is InChI=1S/C42H32N2O3/c1-42(2,3)29-20-21-36(45)28(22-29)25-43-35-18-9-7-15-33(35)41-44-39-34(26-12-5-4-6-13-26)23-27(24-38(39)47-41)30-16-11-17-32-31-14-8-10-19-37(31)46-40(30)32/h4-25,45H,1-3H3. The number of phenolic OH excluding ortho intramolecular Hbond substituents is 1. The third-order valence-electron chi connectivity index (χ3n) is 8.67. The zero-order valence-corrected chi connectivity index (χ0v) is 26.4. The van der Waals surface area contributed by atoms with E-state index in [1.54, 1.807) is 12.3 Å². The number of benzene rings is 6. The molecule has 0 saturated heterocycles. The molecule has 0 aliphatic heterocycles. The highest BCUT2D eigenvalue weighted by molar-refractivity contribution is 6.10. The Labute approximate surface area is 272 Å². The van der Waals surface area contributed by atoms with Crippen LogP contribution in [0.15, 0.2) is 141 Å². The van der Waals surface area contributed by atoms with Crippen molar-refractivity contribution in [3.63, 3.8) is 0 Å². The molecule has 2 heterocycles. The fourth-order valence-electron chi connectivity index (χ4n) is 6.14. The maximum atomic E-state index is 10.6. The number of rotatable bonds is 5. The molecule has 228 valence electrons. The van der Waals surface area contributed by atoms with Crippen molar-refractivity contribution in [2.24, 2.45) is 4.99 Å². The van der Waals surface area contributed by atoms with Crippen LogP contribution >= 0.6 is 0 Å². The second kappa shape index (κ2) is 11.1. The third-order valence-corrected chi connectivity index (χ3v) is 8.67. The number of nitrogens with zero attached hydrogens (tertiary/aromatic N) is 2. The van der Waals surface area contributed by atoms with Gasteiger partial charge in [0.25, 0.3) is 0 Å². The van der Waals surface area contributed by atoms with Gasteiger partial charge in [0.1, 0.15) is 22.4 Å². The molecule has 0 spiro atoms. The molecule has 0 saturated carbocycles. The molecule has 0 bridgehead atoms. The summed E-state index contributed by atoms with van der Waals surface area (Å²) >= 11 is 0. The molecule has 0 fully saturated rings.